The minimum Gasteiger partial charge on any atom is -0.465 e. The first-order valence-corrected chi connectivity index (χ1v) is 6.62. The van der Waals surface area contributed by atoms with Gasteiger partial charge in [0.15, 0.2) is 0 Å². The van der Waals surface area contributed by atoms with Gasteiger partial charge in [-0.15, -0.1) is 0 Å². The molecule has 6 heteroatoms. The molecule has 1 N–H and O–H groups in total. The van der Waals surface area contributed by atoms with Crippen LogP contribution in [0.3, 0.4) is 0 Å². The maximum Gasteiger partial charge on any atom is 0.337 e. The number of carbonyl (C=O) groups excluding carboxylic acids is 1. The summed E-state index contributed by atoms with van der Waals surface area (Å²) in [6.45, 7) is 2.81. The van der Waals surface area contributed by atoms with Crippen LogP contribution in [0.5, 0.6) is 0 Å². The van der Waals surface area contributed by atoms with Gasteiger partial charge >= 0.3 is 5.97 Å². The first-order valence-electron chi connectivity index (χ1n) is 6.62. The Morgan fingerprint density at radius 2 is 2.20 bits per heavy atom. The van der Waals surface area contributed by atoms with E-state index >= 15 is 0 Å². The molecule has 6 nitrogen and oxygen atoms in total. The van der Waals surface area contributed by atoms with Crippen LogP contribution in [0.25, 0.3) is 0 Å². The summed E-state index contributed by atoms with van der Waals surface area (Å²) >= 11 is 0. The Bertz CT molecular complexity index is 538. The van der Waals surface area contributed by atoms with Crippen LogP contribution in [0.15, 0.2) is 18.2 Å². The van der Waals surface area contributed by atoms with Crippen LogP contribution in [-0.2, 0) is 4.74 Å². The van der Waals surface area contributed by atoms with E-state index in [1.807, 2.05) is 0 Å². The Morgan fingerprint density at radius 3 is 2.70 bits per heavy atom. The van der Waals surface area contributed by atoms with E-state index in [4.69, 9.17) is 0 Å². The molecule has 20 heavy (non-hydrogen) atoms. The quantitative estimate of drug-likeness (QED) is 0.491. The van der Waals surface area contributed by atoms with Gasteiger partial charge in [-0.1, -0.05) is 6.92 Å². The highest BCUT2D eigenvalue weighted by Crippen LogP contribution is 2.48. The summed E-state index contributed by atoms with van der Waals surface area (Å²) in [5.74, 6) is -0.500. The molecule has 0 heterocycles. The third-order valence-corrected chi connectivity index (χ3v) is 3.98. The highest BCUT2D eigenvalue weighted by molar-refractivity contribution is 5.91. The molecule has 0 radical (unpaired) electrons. The first kappa shape index (κ1) is 14.3. The number of hydrogen-bond donors (Lipinski definition) is 1. The molecule has 0 unspecified atom stereocenters. The molecule has 0 aromatic heterocycles. The number of nitrogens with zero attached hydrogens (tertiary/aromatic N) is 1. The number of hydrogen-bond acceptors (Lipinski definition) is 5. The minimum atomic E-state index is -0.500. The van der Waals surface area contributed by atoms with Gasteiger partial charge in [-0.2, -0.15) is 0 Å². The van der Waals surface area contributed by atoms with Gasteiger partial charge < -0.3 is 10.1 Å². The van der Waals surface area contributed by atoms with Crippen molar-refractivity contribution in [3.8, 4) is 0 Å². The van der Waals surface area contributed by atoms with Crippen molar-refractivity contribution >= 4 is 17.3 Å². The second-order valence-corrected chi connectivity index (χ2v) is 5.19. The molecule has 0 amide bonds. The van der Waals surface area contributed by atoms with Crippen LogP contribution >= 0.6 is 0 Å². The number of methoxy groups -OCH3 is 1. The third-order valence-electron chi connectivity index (χ3n) is 3.98. The average molecular weight is 278 g/mol. The zero-order valence-electron chi connectivity index (χ0n) is 11.6. The summed E-state index contributed by atoms with van der Waals surface area (Å²) in [4.78, 5) is 22.1. The molecule has 0 saturated heterocycles. The summed E-state index contributed by atoms with van der Waals surface area (Å²) < 4.78 is 4.63. The van der Waals surface area contributed by atoms with Gasteiger partial charge in [-0.3, -0.25) is 10.1 Å². The lowest BCUT2D eigenvalue weighted by Crippen LogP contribution is -2.15. The van der Waals surface area contributed by atoms with E-state index in [0.717, 1.165) is 19.3 Å². The summed E-state index contributed by atoms with van der Waals surface area (Å²) in [5, 5.41) is 14.1. The predicted octanol–water partition coefficient (Wildman–Crippen LogP) is 2.98. The largest absolute Gasteiger partial charge is 0.465 e. The minimum absolute atomic E-state index is 0.0236. The third kappa shape index (κ3) is 2.89. The number of rotatable bonds is 6. The molecular weight excluding hydrogens is 260 g/mol. The fraction of sp³-hybridized carbons (Fsp3) is 0.500. The number of anilines is 1. The SMILES string of the molecule is CCC1(CNc2cc(C(=O)OC)ccc2[N+](=O)[O-])CC1. The van der Waals surface area contributed by atoms with Crippen LogP contribution in [0.1, 0.15) is 36.5 Å². The van der Waals surface area contributed by atoms with E-state index in [1.54, 1.807) is 0 Å². The Kier molecular flexibility index (Phi) is 3.92. The summed E-state index contributed by atoms with van der Waals surface area (Å²) in [5.41, 5.74) is 0.916. The van der Waals surface area contributed by atoms with Crippen LogP contribution in [0.2, 0.25) is 0 Å². The molecule has 0 bridgehead atoms. The number of ether oxygens (including phenoxy) is 1. The number of esters is 1. The van der Waals surface area contributed by atoms with E-state index < -0.39 is 10.9 Å². The molecule has 0 atom stereocenters. The number of nitrogens with one attached hydrogen (secondary N) is 1. The summed E-state index contributed by atoms with van der Waals surface area (Å²) in [6.07, 6.45) is 3.33. The molecule has 0 aliphatic heterocycles. The fourth-order valence-corrected chi connectivity index (χ4v) is 2.20. The van der Waals surface area contributed by atoms with Crippen molar-refractivity contribution < 1.29 is 14.5 Å². The van der Waals surface area contributed by atoms with Crippen molar-refractivity contribution in [2.75, 3.05) is 19.0 Å². The molecule has 1 fully saturated rings. The predicted molar refractivity (Wildman–Crippen MR) is 74.9 cm³/mol. The van der Waals surface area contributed by atoms with E-state index in [9.17, 15) is 14.9 Å². The Hall–Kier alpha value is -2.11. The maximum absolute atomic E-state index is 11.5. The molecule has 1 aromatic rings. The zero-order valence-corrected chi connectivity index (χ0v) is 11.6. The maximum atomic E-state index is 11.5. The lowest BCUT2D eigenvalue weighted by molar-refractivity contribution is -0.384. The Morgan fingerprint density at radius 1 is 1.50 bits per heavy atom. The van der Waals surface area contributed by atoms with Crippen molar-refractivity contribution in [3.63, 3.8) is 0 Å². The lowest BCUT2D eigenvalue weighted by atomic mass is 10.0. The molecule has 2 rings (SSSR count). The summed E-state index contributed by atoms with van der Waals surface area (Å²) in [6, 6.07) is 4.22. The first-order chi connectivity index (χ1) is 9.51. The topological polar surface area (TPSA) is 81.5 Å². The molecule has 108 valence electrons. The van der Waals surface area contributed by atoms with Crippen molar-refractivity contribution in [2.45, 2.75) is 26.2 Å². The van der Waals surface area contributed by atoms with E-state index in [1.165, 1.54) is 25.3 Å². The van der Waals surface area contributed by atoms with Crippen molar-refractivity contribution in [1.29, 1.82) is 0 Å². The Balaban J connectivity index is 2.22. The fourth-order valence-electron chi connectivity index (χ4n) is 2.20. The van der Waals surface area contributed by atoms with E-state index in [2.05, 4.69) is 17.0 Å². The van der Waals surface area contributed by atoms with Crippen LogP contribution in [0, 0.1) is 15.5 Å². The van der Waals surface area contributed by atoms with Crippen molar-refractivity contribution in [2.24, 2.45) is 5.41 Å². The van der Waals surface area contributed by atoms with Gasteiger partial charge in [-0.05, 0) is 36.8 Å². The van der Waals surface area contributed by atoms with E-state index in [-0.39, 0.29) is 11.1 Å². The highest BCUT2D eigenvalue weighted by Gasteiger charge is 2.40. The molecule has 0 spiro atoms. The molecule has 1 aliphatic rings. The van der Waals surface area contributed by atoms with Gasteiger partial charge in [0.25, 0.3) is 5.69 Å². The second-order valence-electron chi connectivity index (χ2n) is 5.19. The normalized spacial score (nSPS) is 15.5. The number of carbonyl (C=O) groups is 1. The standard InChI is InChI=1S/C14H18N2O4/c1-3-14(6-7-14)9-15-11-8-10(13(17)20-2)4-5-12(11)16(18)19/h4-5,8,15H,3,6-7,9H2,1-2H3. The molecule has 1 aromatic carbocycles. The van der Waals surface area contributed by atoms with Gasteiger partial charge in [0, 0.05) is 12.6 Å². The van der Waals surface area contributed by atoms with Gasteiger partial charge in [0.05, 0.1) is 17.6 Å². The van der Waals surface area contributed by atoms with Crippen molar-refractivity contribution in [3.05, 3.63) is 33.9 Å². The van der Waals surface area contributed by atoms with Gasteiger partial charge in [0.1, 0.15) is 5.69 Å². The molecular formula is C14H18N2O4. The second kappa shape index (κ2) is 5.48. The average Bonchev–Trinajstić information content (AvgIpc) is 3.24. The zero-order chi connectivity index (χ0) is 14.8. The van der Waals surface area contributed by atoms with E-state index in [0.29, 0.717) is 17.8 Å². The smallest absolute Gasteiger partial charge is 0.337 e. The molecule has 1 saturated carbocycles. The monoisotopic (exact) mass is 278 g/mol. The van der Waals surface area contributed by atoms with Gasteiger partial charge in [-0.25, -0.2) is 4.79 Å². The lowest BCUT2D eigenvalue weighted by Gasteiger charge is -2.15. The number of nitro benzene ring substituents is 1. The van der Waals surface area contributed by atoms with Crippen LogP contribution < -0.4 is 5.32 Å². The highest BCUT2D eigenvalue weighted by atomic mass is 16.6. The van der Waals surface area contributed by atoms with Crippen LogP contribution in [0.4, 0.5) is 11.4 Å². The summed E-state index contributed by atoms with van der Waals surface area (Å²) in [7, 11) is 1.28. The molecule has 1 aliphatic carbocycles. The van der Waals surface area contributed by atoms with Crippen molar-refractivity contribution in [1.82, 2.24) is 0 Å². The number of benzene rings is 1. The Labute approximate surface area is 117 Å². The van der Waals surface area contributed by atoms with Gasteiger partial charge in [0.2, 0.25) is 0 Å². The van der Waals surface area contributed by atoms with Crippen LogP contribution in [-0.4, -0.2) is 24.5 Å². The number of nitro groups is 1.